The molecule has 0 atom stereocenters. The van der Waals surface area contributed by atoms with Crippen LogP contribution in [-0.4, -0.2) is 16.5 Å². The van der Waals surface area contributed by atoms with E-state index in [4.69, 9.17) is 0 Å². The van der Waals surface area contributed by atoms with Crippen molar-refractivity contribution in [1.29, 1.82) is 0 Å². The van der Waals surface area contributed by atoms with Gasteiger partial charge in [0.05, 0.1) is 10.2 Å². The zero-order valence-corrected chi connectivity index (χ0v) is 12.3. The summed E-state index contributed by atoms with van der Waals surface area (Å²) >= 11 is 3.35. The smallest absolute Gasteiger partial charge is 0.224 e. The second kappa shape index (κ2) is 5.97. The van der Waals surface area contributed by atoms with E-state index in [1.807, 2.05) is 19.9 Å². The topological polar surface area (TPSA) is 49.8 Å². The van der Waals surface area contributed by atoms with E-state index in [0.29, 0.717) is 21.9 Å². The normalized spacial score (nSPS) is 10.3. The molecule has 0 saturated heterocycles. The van der Waals surface area contributed by atoms with Crippen LogP contribution in [0.25, 0.3) is 0 Å². The Balaban J connectivity index is 2.35. The van der Waals surface area contributed by atoms with Gasteiger partial charge >= 0.3 is 0 Å². The van der Waals surface area contributed by atoms with Gasteiger partial charge in [0.2, 0.25) is 5.95 Å². The molecule has 0 saturated carbocycles. The predicted molar refractivity (Wildman–Crippen MR) is 78.3 cm³/mol. The summed E-state index contributed by atoms with van der Waals surface area (Å²) in [4.78, 5) is 8.40. The molecular weight excluding hydrogens is 311 g/mol. The number of hydrogen-bond donors (Lipinski definition) is 2. The van der Waals surface area contributed by atoms with E-state index >= 15 is 0 Å². The average molecular weight is 325 g/mol. The van der Waals surface area contributed by atoms with Gasteiger partial charge in [-0.15, -0.1) is 0 Å². The summed E-state index contributed by atoms with van der Waals surface area (Å²) < 4.78 is 14.5. The van der Waals surface area contributed by atoms with Gasteiger partial charge in [0.15, 0.2) is 0 Å². The molecule has 1 aromatic heterocycles. The standard InChI is InChI=1S/C13H14BrFN4/c1-3-16-13-17-7-9(14)12(19-13)18-11-8(2)5-4-6-10(11)15/h4-7H,3H2,1-2H3,(H2,16,17,18,19). The van der Waals surface area contributed by atoms with Gasteiger partial charge < -0.3 is 10.6 Å². The van der Waals surface area contributed by atoms with Crippen LogP contribution in [0.4, 0.5) is 21.8 Å². The van der Waals surface area contributed by atoms with Crippen LogP contribution >= 0.6 is 15.9 Å². The zero-order valence-electron chi connectivity index (χ0n) is 10.7. The third-order valence-corrected chi connectivity index (χ3v) is 3.12. The molecule has 0 unspecified atom stereocenters. The van der Waals surface area contributed by atoms with Gasteiger partial charge in [0.1, 0.15) is 11.6 Å². The van der Waals surface area contributed by atoms with Gasteiger partial charge in [-0.1, -0.05) is 12.1 Å². The van der Waals surface area contributed by atoms with Crippen molar-refractivity contribution in [3.63, 3.8) is 0 Å². The number of rotatable bonds is 4. The predicted octanol–water partition coefficient (Wildman–Crippen LogP) is 3.86. The number of benzene rings is 1. The first-order valence-corrected chi connectivity index (χ1v) is 6.69. The summed E-state index contributed by atoms with van der Waals surface area (Å²) in [5.41, 5.74) is 1.24. The second-order valence-corrected chi connectivity index (χ2v) is 4.83. The van der Waals surface area contributed by atoms with E-state index in [1.165, 1.54) is 6.07 Å². The Morgan fingerprint density at radius 3 is 2.84 bits per heavy atom. The van der Waals surface area contributed by atoms with Crippen molar-refractivity contribution in [3.8, 4) is 0 Å². The van der Waals surface area contributed by atoms with Gasteiger partial charge in [-0.25, -0.2) is 9.37 Å². The van der Waals surface area contributed by atoms with Gasteiger partial charge in [-0.05, 0) is 41.4 Å². The Morgan fingerprint density at radius 2 is 2.16 bits per heavy atom. The third kappa shape index (κ3) is 3.20. The van der Waals surface area contributed by atoms with E-state index in [2.05, 4.69) is 36.5 Å². The van der Waals surface area contributed by atoms with Crippen LogP contribution in [-0.2, 0) is 0 Å². The van der Waals surface area contributed by atoms with Gasteiger partial charge in [-0.3, -0.25) is 0 Å². The van der Waals surface area contributed by atoms with E-state index in [-0.39, 0.29) is 5.82 Å². The minimum Gasteiger partial charge on any atom is -0.354 e. The highest BCUT2D eigenvalue weighted by molar-refractivity contribution is 9.10. The molecule has 0 amide bonds. The maximum Gasteiger partial charge on any atom is 0.224 e. The number of hydrogen-bond acceptors (Lipinski definition) is 4. The number of aromatic nitrogens is 2. The summed E-state index contributed by atoms with van der Waals surface area (Å²) in [6.07, 6.45) is 1.63. The fourth-order valence-electron chi connectivity index (χ4n) is 1.61. The van der Waals surface area contributed by atoms with Gasteiger partial charge in [0.25, 0.3) is 0 Å². The van der Waals surface area contributed by atoms with Crippen LogP contribution in [0, 0.1) is 12.7 Å². The minimum absolute atomic E-state index is 0.310. The minimum atomic E-state index is -0.310. The van der Waals surface area contributed by atoms with Crippen molar-refractivity contribution in [2.45, 2.75) is 13.8 Å². The number of nitrogens with one attached hydrogen (secondary N) is 2. The molecule has 0 radical (unpaired) electrons. The van der Waals surface area contributed by atoms with E-state index < -0.39 is 0 Å². The Morgan fingerprint density at radius 1 is 1.37 bits per heavy atom. The Hall–Kier alpha value is -1.69. The van der Waals surface area contributed by atoms with Gasteiger partial charge in [0, 0.05) is 12.7 Å². The van der Waals surface area contributed by atoms with Crippen LogP contribution in [0.3, 0.4) is 0 Å². The lowest BCUT2D eigenvalue weighted by molar-refractivity contribution is 0.630. The molecule has 1 heterocycles. The number of para-hydroxylation sites is 1. The van der Waals surface area contributed by atoms with E-state index in [0.717, 1.165) is 12.1 Å². The van der Waals surface area contributed by atoms with Crippen molar-refractivity contribution in [2.75, 3.05) is 17.2 Å². The van der Waals surface area contributed by atoms with Crippen molar-refractivity contribution < 1.29 is 4.39 Å². The van der Waals surface area contributed by atoms with Crippen LogP contribution < -0.4 is 10.6 Å². The lowest BCUT2D eigenvalue weighted by atomic mass is 10.2. The first-order chi connectivity index (χ1) is 9.11. The highest BCUT2D eigenvalue weighted by Crippen LogP contribution is 2.27. The molecule has 2 N–H and O–H groups in total. The maximum atomic E-state index is 13.8. The van der Waals surface area contributed by atoms with Crippen LogP contribution in [0.2, 0.25) is 0 Å². The molecule has 0 spiro atoms. The van der Waals surface area contributed by atoms with Crippen molar-refractivity contribution in [2.24, 2.45) is 0 Å². The molecule has 6 heteroatoms. The monoisotopic (exact) mass is 324 g/mol. The fraction of sp³-hybridized carbons (Fsp3) is 0.231. The Labute approximate surface area is 119 Å². The molecule has 19 heavy (non-hydrogen) atoms. The van der Waals surface area contributed by atoms with E-state index in [9.17, 15) is 4.39 Å². The zero-order chi connectivity index (χ0) is 13.8. The molecule has 100 valence electrons. The number of nitrogens with zero attached hydrogens (tertiary/aromatic N) is 2. The molecule has 0 aliphatic rings. The first-order valence-electron chi connectivity index (χ1n) is 5.90. The number of aryl methyl sites for hydroxylation is 1. The quantitative estimate of drug-likeness (QED) is 0.896. The Kier molecular flexibility index (Phi) is 4.31. The van der Waals surface area contributed by atoms with Crippen molar-refractivity contribution in [1.82, 2.24) is 9.97 Å². The summed E-state index contributed by atoms with van der Waals surface area (Å²) in [5.74, 6) is 0.719. The highest BCUT2D eigenvalue weighted by Gasteiger charge is 2.10. The lowest BCUT2D eigenvalue weighted by Gasteiger charge is -2.12. The third-order valence-electron chi connectivity index (χ3n) is 2.54. The Bertz CT molecular complexity index is 569. The second-order valence-electron chi connectivity index (χ2n) is 3.98. The number of halogens is 2. The summed E-state index contributed by atoms with van der Waals surface area (Å²) in [6, 6.07) is 4.93. The fourth-order valence-corrected chi connectivity index (χ4v) is 1.90. The molecular formula is C13H14BrFN4. The van der Waals surface area contributed by atoms with Crippen molar-refractivity contribution >= 4 is 33.4 Å². The largest absolute Gasteiger partial charge is 0.354 e. The van der Waals surface area contributed by atoms with Crippen molar-refractivity contribution in [3.05, 3.63) is 40.2 Å². The summed E-state index contributed by atoms with van der Waals surface area (Å²) in [6.45, 7) is 4.52. The molecule has 4 nitrogen and oxygen atoms in total. The van der Waals surface area contributed by atoms with Crippen LogP contribution in [0.5, 0.6) is 0 Å². The SMILES string of the molecule is CCNc1ncc(Br)c(Nc2c(C)cccc2F)n1. The molecule has 1 aromatic carbocycles. The van der Waals surface area contributed by atoms with E-state index in [1.54, 1.807) is 12.3 Å². The molecule has 0 aliphatic carbocycles. The molecule has 2 rings (SSSR count). The van der Waals surface area contributed by atoms with Gasteiger partial charge in [-0.2, -0.15) is 4.98 Å². The van der Waals surface area contributed by atoms with Crippen LogP contribution in [0.1, 0.15) is 12.5 Å². The summed E-state index contributed by atoms with van der Waals surface area (Å²) in [5, 5.41) is 6.01. The maximum absolute atomic E-state index is 13.8. The molecule has 0 bridgehead atoms. The first kappa shape index (κ1) is 13.7. The summed E-state index contributed by atoms with van der Waals surface area (Å²) in [7, 11) is 0. The highest BCUT2D eigenvalue weighted by atomic mass is 79.9. The molecule has 0 fully saturated rings. The van der Waals surface area contributed by atoms with Crippen LogP contribution in [0.15, 0.2) is 28.9 Å². The lowest BCUT2D eigenvalue weighted by Crippen LogP contribution is -2.05. The average Bonchev–Trinajstić information content (AvgIpc) is 2.38. The molecule has 2 aromatic rings. The number of anilines is 3. The molecule has 0 aliphatic heterocycles.